The lowest BCUT2D eigenvalue weighted by Gasteiger charge is -2.37. The molecule has 0 bridgehead atoms. The molecule has 2 N–H and O–H groups in total. The highest BCUT2D eigenvalue weighted by molar-refractivity contribution is 5.93. The molecule has 27 heavy (non-hydrogen) atoms. The van der Waals surface area contributed by atoms with Crippen molar-refractivity contribution in [1.29, 1.82) is 0 Å². The van der Waals surface area contributed by atoms with Crippen molar-refractivity contribution >= 4 is 24.2 Å². The maximum absolute atomic E-state index is 12.9. The van der Waals surface area contributed by atoms with Crippen LogP contribution in [-0.4, -0.2) is 48.8 Å². The van der Waals surface area contributed by atoms with Crippen LogP contribution in [0.15, 0.2) is 24.3 Å². The van der Waals surface area contributed by atoms with E-state index in [9.17, 15) is 9.59 Å². The molecular weight excluding hydrogens is 362 g/mol. The second-order valence-corrected chi connectivity index (χ2v) is 7.75. The molecule has 1 aliphatic carbocycles. The molecule has 0 unspecified atom stereocenters. The maximum atomic E-state index is 12.9. The van der Waals surface area contributed by atoms with Crippen molar-refractivity contribution in [3.8, 4) is 0 Å². The van der Waals surface area contributed by atoms with E-state index >= 15 is 0 Å². The van der Waals surface area contributed by atoms with Gasteiger partial charge in [0.25, 0.3) is 5.91 Å². The molecule has 0 heterocycles. The van der Waals surface area contributed by atoms with Crippen molar-refractivity contribution in [3.63, 3.8) is 0 Å². The van der Waals surface area contributed by atoms with Crippen molar-refractivity contribution in [3.05, 3.63) is 35.4 Å². The normalized spacial score (nSPS) is 15.6. The van der Waals surface area contributed by atoms with Crippen LogP contribution in [0.25, 0.3) is 0 Å². The van der Waals surface area contributed by atoms with E-state index in [0.29, 0.717) is 31.6 Å². The van der Waals surface area contributed by atoms with Crippen molar-refractivity contribution in [2.75, 3.05) is 27.2 Å². The smallest absolute Gasteiger partial charge is 0.253 e. The van der Waals surface area contributed by atoms with Gasteiger partial charge in [0.2, 0.25) is 5.91 Å². The number of benzene rings is 1. The zero-order valence-electron chi connectivity index (χ0n) is 16.9. The molecule has 2 amide bonds. The average Bonchev–Trinajstić information content (AvgIpc) is 2.66. The number of amides is 2. The molecule has 0 saturated heterocycles. The Kier molecular flexibility index (Phi) is 9.27. The van der Waals surface area contributed by atoms with Crippen LogP contribution >= 0.6 is 12.4 Å². The van der Waals surface area contributed by atoms with Gasteiger partial charge >= 0.3 is 0 Å². The van der Waals surface area contributed by atoms with Gasteiger partial charge in [-0.3, -0.25) is 9.59 Å². The number of carbonyl (C=O) groups is 2. The Hall–Kier alpha value is -1.59. The van der Waals surface area contributed by atoms with Gasteiger partial charge in [0.1, 0.15) is 0 Å². The van der Waals surface area contributed by atoms with E-state index in [-0.39, 0.29) is 29.6 Å². The van der Waals surface area contributed by atoms with Crippen molar-refractivity contribution in [1.82, 2.24) is 9.80 Å². The topological polar surface area (TPSA) is 66.6 Å². The summed E-state index contributed by atoms with van der Waals surface area (Å²) in [5.74, 6) is 0.176. The van der Waals surface area contributed by atoms with Gasteiger partial charge in [-0.1, -0.05) is 31.4 Å². The quantitative estimate of drug-likeness (QED) is 0.768. The van der Waals surface area contributed by atoms with Gasteiger partial charge in [-0.25, -0.2) is 0 Å². The summed E-state index contributed by atoms with van der Waals surface area (Å²) in [4.78, 5) is 28.3. The van der Waals surface area contributed by atoms with E-state index in [1.54, 1.807) is 19.0 Å². The lowest BCUT2D eigenvalue weighted by atomic mass is 9.71. The minimum atomic E-state index is -0.0119. The molecule has 1 aliphatic rings. The van der Waals surface area contributed by atoms with Crippen LogP contribution in [0.1, 0.15) is 61.4 Å². The van der Waals surface area contributed by atoms with Crippen LogP contribution in [0.5, 0.6) is 0 Å². The molecule has 0 aliphatic heterocycles. The predicted octanol–water partition coefficient (Wildman–Crippen LogP) is 3.46. The highest BCUT2D eigenvalue weighted by Crippen LogP contribution is 2.38. The summed E-state index contributed by atoms with van der Waals surface area (Å²) in [6.07, 6.45) is 6.29. The third kappa shape index (κ3) is 6.22. The largest absolute Gasteiger partial charge is 0.345 e. The van der Waals surface area contributed by atoms with Gasteiger partial charge < -0.3 is 15.5 Å². The summed E-state index contributed by atoms with van der Waals surface area (Å²) >= 11 is 0. The summed E-state index contributed by atoms with van der Waals surface area (Å²) in [6.45, 7) is 3.86. The van der Waals surface area contributed by atoms with Gasteiger partial charge in [0.15, 0.2) is 0 Å². The molecule has 0 spiro atoms. The summed E-state index contributed by atoms with van der Waals surface area (Å²) in [5, 5.41) is 0. The third-order valence-corrected chi connectivity index (χ3v) is 5.59. The molecule has 0 aromatic heterocycles. The Morgan fingerprint density at radius 3 is 2.15 bits per heavy atom. The van der Waals surface area contributed by atoms with Gasteiger partial charge in [-0.05, 0) is 49.4 Å². The summed E-state index contributed by atoms with van der Waals surface area (Å²) in [5.41, 5.74) is 7.74. The number of nitrogens with zero attached hydrogens (tertiary/aromatic N) is 2. The number of nitrogens with two attached hydrogens (primary N) is 1. The Morgan fingerprint density at radius 2 is 1.67 bits per heavy atom. The van der Waals surface area contributed by atoms with Crippen LogP contribution < -0.4 is 5.73 Å². The number of halogens is 1. The molecule has 6 heteroatoms. The summed E-state index contributed by atoms with van der Waals surface area (Å²) in [6, 6.07) is 7.54. The fraction of sp³-hybridized carbons (Fsp3) is 0.619. The van der Waals surface area contributed by atoms with E-state index in [0.717, 1.165) is 18.4 Å². The van der Waals surface area contributed by atoms with E-state index in [2.05, 4.69) is 0 Å². The van der Waals surface area contributed by atoms with Gasteiger partial charge in [-0.2, -0.15) is 0 Å². The first-order chi connectivity index (χ1) is 12.4. The zero-order valence-corrected chi connectivity index (χ0v) is 17.7. The minimum Gasteiger partial charge on any atom is -0.345 e. The maximum Gasteiger partial charge on any atom is 0.253 e. The second kappa shape index (κ2) is 10.7. The first kappa shape index (κ1) is 23.4. The van der Waals surface area contributed by atoms with Crippen molar-refractivity contribution in [2.45, 2.75) is 52.0 Å². The fourth-order valence-corrected chi connectivity index (χ4v) is 3.80. The number of hydrogen-bond donors (Lipinski definition) is 1. The van der Waals surface area contributed by atoms with Gasteiger partial charge in [0.05, 0.1) is 0 Å². The molecule has 1 aromatic rings. The second-order valence-electron chi connectivity index (χ2n) is 7.75. The standard InChI is InChI=1S/C21H33N3O2.ClH/c1-4-24(19(25)14-21(16-22)12-6-5-7-13-21)15-17-8-10-18(11-9-17)20(26)23(2)3;/h8-11H,4-7,12-16,22H2,1-3H3;1H. The molecule has 5 nitrogen and oxygen atoms in total. The molecule has 1 aromatic carbocycles. The molecular formula is C21H34ClN3O2. The van der Waals surface area contributed by atoms with E-state index in [1.165, 1.54) is 19.3 Å². The van der Waals surface area contributed by atoms with Gasteiger partial charge in [0, 0.05) is 39.2 Å². The first-order valence-electron chi connectivity index (χ1n) is 9.69. The van der Waals surface area contributed by atoms with Crippen molar-refractivity contribution in [2.24, 2.45) is 11.1 Å². The molecule has 152 valence electrons. The SMILES string of the molecule is CCN(Cc1ccc(C(=O)N(C)C)cc1)C(=O)CC1(CN)CCCCC1.Cl. The zero-order chi connectivity index (χ0) is 19.2. The Labute approximate surface area is 169 Å². The fourth-order valence-electron chi connectivity index (χ4n) is 3.80. The Morgan fingerprint density at radius 1 is 1.07 bits per heavy atom. The number of carbonyl (C=O) groups excluding carboxylic acids is 2. The highest BCUT2D eigenvalue weighted by Gasteiger charge is 2.34. The molecule has 0 radical (unpaired) electrons. The molecule has 0 atom stereocenters. The lowest BCUT2D eigenvalue weighted by molar-refractivity contribution is -0.134. The lowest BCUT2D eigenvalue weighted by Crippen LogP contribution is -2.40. The van der Waals surface area contributed by atoms with E-state index < -0.39 is 0 Å². The first-order valence-corrected chi connectivity index (χ1v) is 9.69. The average molecular weight is 396 g/mol. The number of rotatable bonds is 7. The predicted molar refractivity (Wildman–Crippen MR) is 112 cm³/mol. The van der Waals surface area contributed by atoms with Crippen LogP contribution in [-0.2, 0) is 11.3 Å². The molecule has 1 saturated carbocycles. The van der Waals surface area contributed by atoms with Crippen LogP contribution in [0, 0.1) is 5.41 Å². The summed E-state index contributed by atoms with van der Waals surface area (Å²) < 4.78 is 0. The van der Waals surface area contributed by atoms with E-state index in [1.807, 2.05) is 36.1 Å². The van der Waals surface area contributed by atoms with Crippen molar-refractivity contribution < 1.29 is 9.59 Å². The minimum absolute atomic E-state index is 0. The van der Waals surface area contributed by atoms with Crippen LogP contribution in [0.3, 0.4) is 0 Å². The third-order valence-electron chi connectivity index (χ3n) is 5.59. The molecule has 1 fully saturated rings. The van der Waals surface area contributed by atoms with Crippen LogP contribution in [0.2, 0.25) is 0 Å². The molecule has 2 rings (SSSR count). The Bertz CT molecular complexity index is 610. The Balaban J connectivity index is 0.00000364. The summed E-state index contributed by atoms with van der Waals surface area (Å²) in [7, 11) is 3.48. The number of hydrogen-bond acceptors (Lipinski definition) is 3. The van der Waals surface area contributed by atoms with E-state index in [4.69, 9.17) is 5.73 Å². The van der Waals surface area contributed by atoms with Crippen LogP contribution in [0.4, 0.5) is 0 Å². The highest BCUT2D eigenvalue weighted by atomic mass is 35.5. The van der Waals surface area contributed by atoms with Gasteiger partial charge in [-0.15, -0.1) is 12.4 Å². The monoisotopic (exact) mass is 395 g/mol.